The van der Waals surface area contributed by atoms with Crippen LogP contribution in [0.3, 0.4) is 0 Å². The van der Waals surface area contributed by atoms with Crippen molar-refractivity contribution >= 4 is 5.91 Å². The van der Waals surface area contributed by atoms with Gasteiger partial charge in [0, 0.05) is 50.9 Å². The fourth-order valence-corrected chi connectivity index (χ4v) is 3.72. The van der Waals surface area contributed by atoms with Gasteiger partial charge in [0.1, 0.15) is 5.75 Å². The zero-order valence-corrected chi connectivity index (χ0v) is 21.2. The number of amides is 1. The van der Waals surface area contributed by atoms with Crippen LogP contribution in [-0.4, -0.2) is 66.1 Å². The Labute approximate surface area is 201 Å². The first-order valence-electron chi connectivity index (χ1n) is 12.2. The minimum atomic E-state index is 0.0731. The van der Waals surface area contributed by atoms with Crippen LogP contribution in [-0.2, 0) is 6.42 Å². The fourth-order valence-electron chi connectivity index (χ4n) is 3.72. The molecule has 0 aromatic heterocycles. The Balaban J connectivity index is 0.000000380. The van der Waals surface area contributed by atoms with Crippen molar-refractivity contribution in [3.8, 4) is 5.75 Å². The maximum atomic E-state index is 12.2. The summed E-state index contributed by atoms with van der Waals surface area (Å²) in [5, 5.41) is 12.9. The van der Waals surface area contributed by atoms with E-state index in [1.807, 2.05) is 75.1 Å². The fraction of sp³-hybridized carbons (Fsp3) is 0.464. The smallest absolute Gasteiger partial charge is 0.253 e. The van der Waals surface area contributed by atoms with Gasteiger partial charge >= 0.3 is 0 Å². The zero-order chi connectivity index (χ0) is 24.6. The minimum Gasteiger partial charge on any atom is -0.508 e. The second-order valence-electron chi connectivity index (χ2n) is 7.92. The summed E-state index contributed by atoms with van der Waals surface area (Å²) in [6.45, 7) is 19.8. The standard InChI is InChI=1S/C18H21NO2.C8H16N2.C2H6/c1-3-19(4-2)18(21)16-10-8-14(9-11-16)12-15-6-5-7-17(20)13-15;1-3-5-10-6-4-9-8(2)7-10;1-2/h5-11,13,20H,3-4,12H2,1-2H3;3,8-9H,1,4-7H2,2H3;1-2H3. The Morgan fingerprint density at radius 1 is 1.15 bits per heavy atom. The van der Waals surface area contributed by atoms with E-state index in [9.17, 15) is 9.90 Å². The lowest BCUT2D eigenvalue weighted by molar-refractivity contribution is 0.0773. The van der Waals surface area contributed by atoms with Gasteiger partial charge in [0.25, 0.3) is 5.91 Å². The van der Waals surface area contributed by atoms with Crippen LogP contribution >= 0.6 is 0 Å². The van der Waals surface area contributed by atoms with Crippen molar-refractivity contribution in [3.05, 3.63) is 77.9 Å². The topological polar surface area (TPSA) is 55.8 Å². The molecule has 0 aliphatic carbocycles. The SMILES string of the molecule is C=CCN1CCNC(C)C1.CC.CCN(CC)C(=O)c1ccc(Cc2cccc(O)c2)cc1. The zero-order valence-electron chi connectivity index (χ0n) is 21.2. The number of nitrogens with zero attached hydrogens (tertiary/aromatic N) is 2. The van der Waals surface area contributed by atoms with Crippen LogP contribution in [0.15, 0.2) is 61.2 Å². The number of aromatic hydroxyl groups is 1. The number of carbonyl (C=O) groups excluding carboxylic acids is 1. The number of phenolic OH excluding ortho intramolecular Hbond substituents is 1. The largest absolute Gasteiger partial charge is 0.508 e. The predicted octanol–water partition coefficient (Wildman–Crippen LogP) is 4.96. The summed E-state index contributed by atoms with van der Waals surface area (Å²) in [5.74, 6) is 0.352. The van der Waals surface area contributed by atoms with E-state index in [0.717, 1.165) is 62.4 Å². The maximum absolute atomic E-state index is 12.2. The van der Waals surface area contributed by atoms with Crippen molar-refractivity contribution in [1.29, 1.82) is 0 Å². The Morgan fingerprint density at radius 3 is 2.36 bits per heavy atom. The highest BCUT2D eigenvalue weighted by molar-refractivity contribution is 5.94. The lowest BCUT2D eigenvalue weighted by Crippen LogP contribution is -2.49. The van der Waals surface area contributed by atoms with Crippen LogP contribution in [0.2, 0.25) is 0 Å². The number of nitrogens with one attached hydrogen (secondary N) is 1. The van der Waals surface area contributed by atoms with Crippen molar-refractivity contribution in [1.82, 2.24) is 15.1 Å². The number of hydrogen-bond donors (Lipinski definition) is 2. The second kappa shape index (κ2) is 16.1. The van der Waals surface area contributed by atoms with Crippen molar-refractivity contribution in [2.24, 2.45) is 0 Å². The van der Waals surface area contributed by atoms with Crippen LogP contribution in [0.25, 0.3) is 0 Å². The Bertz CT molecular complexity index is 816. The van der Waals surface area contributed by atoms with E-state index in [0.29, 0.717) is 6.04 Å². The van der Waals surface area contributed by atoms with Gasteiger partial charge in [-0.3, -0.25) is 9.69 Å². The van der Waals surface area contributed by atoms with Gasteiger partial charge in [-0.05, 0) is 62.6 Å². The molecule has 0 bridgehead atoms. The number of piperazine rings is 1. The van der Waals surface area contributed by atoms with Gasteiger partial charge in [-0.1, -0.05) is 44.2 Å². The number of carbonyl (C=O) groups is 1. The molecule has 1 atom stereocenters. The number of phenols is 1. The summed E-state index contributed by atoms with van der Waals surface area (Å²) in [7, 11) is 0. The molecule has 1 fully saturated rings. The summed E-state index contributed by atoms with van der Waals surface area (Å²) in [5.41, 5.74) is 2.90. The molecule has 0 saturated carbocycles. The quantitative estimate of drug-likeness (QED) is 0.582. The van der Waals surface area contributed by atoms with Crippen LogP contribution < -0.4 is 5.32 Å². The molecule has 1 saturated heterocycles. The maximum Gasteiger partial charge on any atom is 0.253 e. The molecule has 5 nitrogen and oxygen atoms in total. The van der Waals surface area contributed by atoms with E-state index >= 15 is 0 Å². The summed E-state index contributed by atoms with van der Waals surface area (Å²) in [4.78, 5) is 16.4. The summed E-state index contributed by atoms with van der Waals surface area (Å²) in [6.07, 6.45) is 2.71. The Hall–Kier alpha value is -2.63. The number of hydrogen-bond acceptors (Lipinski definition) is 4. The lowest BCUT2D eigenvalue weighted by Gasteiger charge is -2.30. The monoisotopic (exact) mass is 453 g/mol. The van der Waals surface area contributed by atoms with Gasteiger partial charge in [0.2, 0.25) is 0 Å². The van der Waals surface area contributed by atoms with E-state index in [-0.39, 0.29) is 11.7 Å². The molecule has 3 rings (SSSR count). The van der Waals surface area contributed by atoms with Crippen LogP contribution in [0.1, 0.15) is 56.1 Å². The first kappa shape index (κ1) is 28.4. The van der Waals surface area contributed by atoms with Crippen LogP contribution in [0, 0.1) is 0 Å². The first-order valence-corrected chi connectivity index (χ1v) is 12.2. The highest BCUT2D eigenvalue weighted by atomic mass is 16.3. The Morgan fingerprint density at radius 2 is 1.82 bits per heavy atom. The molecule has 2 N–H and O–H groups in total. The summed E-state index contributed by atoms with van der Waals surface area (Å²) < 4.78 is 0. The van der Waals surface area contributed by atoms with Gasteiger partial charge in [0.15, 0.2) is 0 Å². The Kier molecular flexibility index (Phi) is 13.8. The molecular weight excluding hydrogens is 410 g/mol. The molecule has 1 amide bonds. The average Bonchev–Trinajstić information content (AvgIpc) is 2.82. The molecule has 1 aliphatic rings. The third kappa shape index (κ3) is 10.2. The minimum absolute atomic E-state index is 0.0731. The van der Waals surface area contributed by atoms with Crippen molar-refractivity contribution in [3.63, 3.8) is 0 Å². The van der Waals surface area contributed by atoms with E-state index < -0.39 is 0 Å². The molecule has 2 aromatic rings. The molecule has 0 spiro atoms. The number of benzene rings is 2. The molecule has 33 heavy (non-hydrogen) atoms. The van der Waals surface area contributed by atoms with E-state index in [1.54, 1.807) is 12.1 Å². The molecule has 0 radical (unpaired) electrons. The third-order valence-corrected chi connectivity index (χ3v) is 5.41. The summed E-state index contributed by atoms with van der Waals surface area (Å²) >= 11 is 0. The molecular formula is C28H43N3O2. The van der Waals surface area contributed by atoms with Crippen molar-refractivity contribution in [2.45, 2.75) is 47.1 Å². The molecule has 1 unspecified atom stereocenters. The highest BCUT2D eigenvalue weighted by Crippen LogP contribution is 2.16. The molecule has 1 aliphatic heterocycles. The highest BCUT2D eigenvalue weighted by Gasteiger charge is 2.13. The number of rotatable bonds is 7. The predicted molar refractivity (Wildman–Crippen MR) is 140 cm³/mol. The summed E-state index contributed by atoms with van der Waals surface area (Å²) in [6, 6.07) is 15.6. The lowest BCUT2D eigenvalue weighted by atomic mass is 10.0. The molecule has 2 aromatic carbocycles. The van der Waals surface area contributed by atoms with Gasteiger partial charge in [-0.2, -0.15) is 0 Å². The molecule has 1 heterocycles. The van der Waals surface area contributed by atoms with Crippen LogP contribution in [0.5, 0.6) is 5.75 Å². The van der Waals surface area contributed by atoms with E-state index in [2.05, 4.69) is 23.7 Å². The van der Waals surface area contributed by atoms with Crippen molar-refractivity contribution in [2.75, 3.05) is 39.3 Å². The molecule has 5 heteroatoms. The van der Waals surface area contributed by atoms with Crippen molar-refractivity contribution < 1.29 is 9.90 Å². The van der Waals surface area contributed by atoms with Gasteiger partial charge in [-0.15, -0.1) is 6.58 Å². The normalized spacial score (nSPS) is 15.4. The second-order valence-corrected chi connectivity index (χ2v) is 7.92. The third-order valence-electron chi connectivity index (χ3n) is 5.41. The first-order chi connectivity index (χ1) is 16.0. The van der Waals surface area contributed by atoms with E-state index in [4.69, 9.17) is 0 Å². The molecule has 182 valence electrons. The van der Waals surface area contributed by atoms with E-state index in [1.165, 1.54) is 0 Å². The van der Waals surface area contributed by atoms with Crippen LogP contribution in [0.4, 0.5) is 0 Å². The van der Waals surface area contributed by atoms with Gasteiger partial charge in [-0.25, -0.2) is 0 Å². The van der Waals surface area contributed by atoms with Gasteiger partial charge in [0.05, 0.1) is 0 Å². The van der Waals surface area contributed by atoms with Gasteiger partial charge < -0.3 is 15.3 Å². The average molecular weight is 454 g/mol.